The van der Waals surface area contributed by atoms with Crippen LogP contribution in [0.5, 0.6) is 5.75 Å². The predicted octanol–water partition coefficient (Wildman–Crippen LogP) is 5.97. The highest BCUT2D eigenvalue weighted by Crippen LogP contribution is 2.65. The van der Waals surface area contributed by atoms with Gasteiger partial charge >= 0.3 is 6.61 Å². The first-order chi connectivity index (χ1) is 15.2. The van der Waals surface area contributed by atoms with Crippen molar-refractivity contribution in [2.45, 2.75) is 77.6 Å². The molecule has 1 aromatic carbocycles. The van der Waals surface area contributed by atoms with Gasteiger partial charge in [-0.3, -0.25) is 0 Å². The minimum atomic E-state index is -2.83. The molecule has 0 heterocycles. The molecule has 5 heteroatoms. The van der Waals surface area contributed by atoms with Gasteiger partial charge in [0.2, 0.25) is 0 Å². The molecule has 3 saturated carbocycles. The van der Waals surface area contributed by atoms with Gasteiger partial charge in [0, 0.05) is 5.41 Å². The van der Waals surface area contributed by atoms with E-state index in [0.717, 1.165) is 56.1 Å². The Kier molecular flexibility index (Phi) is 5.49. The first-order valence-corrected chi connectivity index (χ1v) is 12.0. The Morgan fingerprint density at radius 2 is 1.78 bits per heavy atom. The highest BCUT2D eigenvalue weighted by Gasteiger charge is 2.59. The van der Waals surface area contributed by atoms with Crippen LogP contribution < -0.4 is 4.74 Å². The fraction of sp³-hybridized carbons (Fsp3) is 0.630. The standard InChI is InChI=1S/C27H34F2O3/c1-26-11-9-19(30)15-18(26)5-8-21-22(26)10-12-27(2)23(21)14-17(24(27)31)13-16-3-6-20(7-4-16)32-25(28)29/h3-7,13,19,21-25,30-31H,8-12,14-15H2,1-2H3/b17-13+/t19-,21+,22-,23-,24+,26-,27-/m0/s1. The zero-order chi connectivity index (χ0) is 22.7. The van der Waals surface area contributed by atoms with E-state index in [-0.39, 0.29) is 22.7 Å². The lowest BCUT2D eigenvalue weighted by Gasteiger charge is -2.57. The number of hydrogen-bond donors (Lipinski definition) is 2. The topological polar surface area (TPSA) is 49.7 Å². The molecule has 0 spiro atoms. The first-order valence-electron chi connectivity index (χ1n) is 12.0. The summed E-state index contributed by atoms with van der Waals surface area (Å²) < 4.78 is 29.3. The van der Waals surface area contributed by atoms with Crippen molar-refractivity contribution in [3.8, 4) is 5.75 Å². The average molecular weight is 445 g/mol. The zero-order valence-electron chi connectivity index (χ0n) is 18.9. The SMILES string of the molecule is C[C@]12CC[C@H]3[C@@H](CC=C4C[C@@H](O)CC[C@@]43C)[C@@H]1C/C(=C\c1ccc(OC(F)F)cc1)[C@H]2O. The summed E-state index contributed by atoms with van der Waals surface area (Å²) >= 11 is 0. The van der Waals surface area contributed by atoms with Crippen molar-refractivity contribution < 1.29 is 23.7 Å². The lowest BCUT2D eigenvalue weighted by molar-refractivity contribution is -0.0685. The van der Waals surface area contributed by atoms with E-state index >= 15 is 0 Å². The number of aliphatic hydroxyl groups is 2. The van der Waals surface area contributed by atoms with Crippen LogP contribution in [0.4, 0.5) is 8.78 Å². The summed E-state index contributed by atoms with van der Waals surface area (Å²) in [5, 5.41) is 21.6. The van der Waals surface area contributed by atoms with Crippen molar-refractivity contribution in [2.75, 3.05) is 0 Å². The molecule has 0 bridgehead atoms. The van der Waals surface area contributed by atoms with Crippen LogP contribution >= 0.6 is 0 Å². The van der Waals surface area contributed by atoms with E-state index in [1.807, 2.05) is 6.08 Å². The summed E-state index contributed by atoms with van der Waals surface area (Å²) in [7, 11) is 0. The number of aliphatic hydroxyl groups excluding tert-OH is 2. The van der Waals surface area contributed by atoms with Crippen molar-refractivity contribution in [2.24, 2.45) is 28.6 Å². The summed E-state index contributed by atoms with van der Waals surface area (Å²) in [6.07, 6.45) is 10.6. The summed E-state index contributed by atoms with van der Waals surface area (Å²) in [6, 6.07) is 6.65. The summed E-state index contributed by atoms with van der Waals surface area (Å²) in [5.74, 6) is 1.75. The van der Waals surface area contributed by atoms with Crippen LogP contribution in [0.15, 0.2) is 41.5 Å². The molecule has 2 N–H and O–H groups in total. The monoisotopic (exact) mass is 444 g/mol. The Balaban J connectivity index is 1.40. The third kappa shape index (κ3) is 3.52. The molecule has 0 amide bonds. The molecule has 7 atom stereocenters. The first kappa shape index (κ1) is 22.1. The minimum absolute atomic E-state index is 0.123. The third-order valence-corrected chi connectivity index (χ3v) is 9.40. The minimum Gasteiger partial charge on any atom is -0.435 e. The van der Waals surface area contributed by atoms with Crippen LogP contribution in [0.3, 0.4) is 0 Å². The fourth-order valence-electron chi connectivity index (χ4n) is 7.60. The maximum Gasteiger partial charge on any atom is 0.387 e. The summed E-state index contributed by atoms with van der Waals surface area (Å²) in [5.41, 5.74) is 3.47. The molecular formula is C27H34F2O3. The number of hydrogen-bond acceptors (Lipinski definition) is 3. The zero-order valence-corrected chi connectivity index (χ0v) is 18.9. The van der Waals surface area contributed by atoms with Crippen molar-refractivity contribution in [1.29, 1.82) is 0 Å². The van der Waals surface area contributed by atoms with Gasteiger partial charge in [0.05, 0.1) is 12.2 Å². The quantitative estimate of drug-likeness (QED) is 0.565. The summed E-state index contributed by atoms with van der Waals surface area (Å²) in [4.78, 5) is 0. The molecule has 5 rings (SSSR count). The fourth-order valence-corrected chi connectivity index (χ4v) is 7.60. The van der Waals surface area contributed by atoms with E-state index in [2.05, 4.69) is 24.7 Å². The van der Waals surface area contributed by atoms with Crippen molar-refractivity contribution in [3.05, 3.63) is 47.1 Å². The smallest absolute Gasteiger partial charge is 0.387 e. The lowest BCUT2D eigenvalue weighted by Crippen LogP contribution is -2.51. The van der Waals surface area contributed by atoms with Crippen LogP contribution in [-0.2, 0) is 0 Å². The maximum absolute atomic E-state index is 12.4. The van der Waals surface area contributed by atoms with Crippen molar-refractivity contribution in [3.63, 3.8) is 0 Å². The summed E-state index contributed by atoms with van der Waals surface area (Å²) in [6.45, 7) is 1.84. The van der Waals surface area contributed by atoms with Crippen LogP contribution in [0.1, 0.15) is 64.4 Å². The predicted molar refractivity (Wildman–Crippen MR) is 120 cm³/mol. The number of benzene rings is 1. The molecule has 3 fully saturated rings. The van der Waals surface area contributed by atoms with E-state index in [1.54, 1.807) is 24.3 Å². The maximum atomic E-state index is 12.4. The molecule has 0 aromatic heterocycles. The molecule has 32 heavy (non-hydrogen) atoms. The van der Waals surface area contributed by atoms with Gasteiger partial charge in [-0.2, -0.15) is 8.78 Å². The Hall–Kier alpha value is -1.72. The molecule has 0 radical (unpaired) electrons. The van der Waals surface area contributed by atoms with Gasteiger partial charge in [0.25, 0.3) is 0 Å². The van der Waals surface area contributed by atoms with E-state index in [1.165, 1.54) is 5.57 Å². The largest absolute Gasteiger partial charge is 0.435 e. The van der Waals surface area contributed by atoms with Gasteiger partial charge < -0.3 is 14.9 Å². The number of fused-ring (bicyclic) bond motifs is 5. The number of alkyl halides is 2. The third-order valence-electron chi connectivity index (χ3n) is 9.40. The second kappa shape index (κ2) is 7.95. The van der Waals surface area contributed by atoms with E-state index in [9.17, 15) is 19.0 Å². The average Bonchev–Trinajstić information content (AvgIpc) is 3.00. The van der Waals surface area contributed by atoms with Crippen LogP contribution in [0.25, 0.3) is 6.08 Å². The second-order valence-electron chi connectivity index (χ2n) is 11.0. The number of halogens is 2. The molecule has 0 unspecified atom stereocenters. The Morgan fingerprint density at radius 1 is 1.03 bits per heavy atom. The van der Waals surface area contributed by atoms with E-state index in [0.29, 0.717) is 17.8 Å². The highest BCUT2D eigenvalue weighted by molar-refractivity contribution is 5.56. The molecule has 1 aromatic rings. The molecule has 3 nitrogen and oxygen atoms in total. The van der Waals surface area contributed by atoms with Gasteiger partial charge in [-0.25, -0.2) is 0 Å². The van der Waals surface area contributed by atoms with Gasteiger partial charge in [0.1, 0.15) is 5.75 Å². The number of ether oxygens (including phenoxy) is 1. The molecular weight excluding hydrogens is 410 g/mol. The van der Waals surface area contributed by atoms with Crippen LogP contribution in [0, 0.1) is 28.6 Å². The second-order valence-corrected chi connectivity index (χ2v) is 11.0. The number of rotatable bonds is 3. The van der Waals surface area contributed by atoms with Gasteiger partial charge in [-0.05, 0) is 91.4 Å². The van der Waals surface area contributed by atoms with E-state index < -0.39 is 12.7 Å². The molecule has 174 valence electrons. The van der Waals surface area contributed by atoms with Crippen molar-refractivity contribution >= 4 is 6.08 Å². The van der Waals surface area contributed by atoms with Gasteiger partial charge in [-0.1, -0.05) is 43.7 Å². The van der Waals surface area contributed by atoms with E-state index in [4.69, 9.17) is 0 Å². The van der Waals surface area contributed by atoms with Gasteiger partial charge in [0.15, 0.2) is 0 Å². The molecule has 0 saturated heterocycles. The molecule has 4 aliphatic rings. The van der Waals surface area contributed by atoms with Crippen molar-refractivity contribution in [1.82, 2.24) is 0 Å². The Morgan fingerprint density at radius 3 is 2.50 bits per heavy atom. The molecule has 4 aliphatic carbocycles. The van der Waals surface area contributed by atoms with Crippen LogP contribution in [-0.4, -0.2) is 29.0 Å². The highest BCUT2D eigenvalue weighted by atomic mass is 19.3. The molecule has 0 aliphatic heterocycles. The Labute approximate surface area is 189 Å². The Bertz CT molecular complexity index is 923. The van der Waals surface area contributed by atoms with Crippen LogP contribution in [0.2, 0.25) is 0 Å². The number of allylic oxidation sites excluding steroid dienone is 1. The van der Waals surface area contributed by atoms with Gasteiger partial charge in [-0.15, -0.1) is 0 Å². The normalized spacial score (nSPS) is 42.3. The lowest BCUT2D eigenvalue weighted by atomic mass is 9.48.